The molecule has 1 saturated carbocycles. The molecular weight excluding hydrogens is 350 g/mol. The molecule has 2 N–H and O–H groups in total. The molecule has 2 atom stereocenters. The number of hydrogen-bond acceptors (Lipinski definition) is 6. The molecule has 0 unspecified atom stereocenters. The van der Waals surface area contributed by atoms with Gasteiger partial charge in [0.1, 0.15) is 17.2 Å². The molecule has 0 bridgehead atoms. The lowest BCUT2D eigenvalue weighted by atomic mass is 10.2. The lowest BCUT2D eigenvalue weighted by Crippen LogP contribution is -2.40. The fourth-order valence-corrected chi connectivity index (χ4v) is 3.90. The third-order valence-electron chi connectivity index (χ3n) is 4.52. The molecule has 1 fully saturated rings. The SMILES string of the molecule is Cc1ccc(Oc2cc(C(=O)N[C@H]3CCC[C@@H]3O)nc3ccsc23)cn1. The van der Waals surface area contributed by atoms with Crippen molar-refractivity contribution in [1.82, 2.24) is 15.3 Å². The van der Waals surface area contributed by atoms with E-state index in [1.807, 2.05) is 30.5 Å². The highest BCUT2D eigenvalue weighted by molar-refractivity contribution is 7.17. The van der Waals surface area contributed by atoms with Crippen LogP contribution in [0, 0.1) is 6.92 Å². The van der Waals surface area contributed by atoms with Gasteiger partial charge in [-0.15, -0.1) is 11.3 Å². The van der Waals surface area contributed by atoms with Crippen LogP contribution in [0.4, 0.5) is 0 Å². The van der Waals surface area contributed by atoms with E-state index in [1.54, 1.807) is 12.3 Å². The van der Waals surface area contributed by atoms with Gasteiger partial charge in [-0.2, -0.15) is 0 Å². The van der Waals surface area contributed by atoms with Gasteiger partial charge in [0.2, 0.25) is 0 Å². The molecule has 0 radical (unpaired) electrons. The fourth-order valence-electron chi connectivity index (χ4n) is 3.11. The summed E-state index contributed by atoms with van der Waals surface area (Å²) in [4.78, 5) is 21.3. The van der Waals surface area contributed by atoms with Crippen LogP contribution in [0.3, 0.4) is 0 Å². The lowest BCUT2D eigenvalue weighted by molar-refractivity contribution is 0.0868. The Morgan fingerprint density at radius 1 is 1.35 bits per heavy atom. The Hall–Kier alpha value is -2.51. The second kappa shape index (κ2) is 7.01. The number of hydrogen-bond donors (Lipinski definition) is 2. The van der Waals surface area contributed by atoms with Crippen molar-refractivity contribution >= 4 is 27.5 Å². The second-order valence-corrected chi connectivity index (χ2v) is 7.37. The smallest absolute Gasteiger partial charge is 0.270 e. The summed E-state index contributed by atoms with van der Waals surface area (Å²) in [6, 6.07) is 7.01. The van der Waals surface area contributed by atoms with Crippen molar-refractivity contribution in [2.45, 2.75) is 38.3 Å². The van der Waals surface area contributed by atoms with Crippen LogP contribution in [0.15, 0.2) is 35.8 Å². The first-order valence-electron chi connectivity index (χ1n) is 8.58. The summed E-state index contributed by atoms with van der Waals surface area (Å²) in [5, 5.41) is 14.7. The van der Waals surface area contributed by atoms with E-state index in [0.717, 1.165) is 29.7 Å². The number of thiophene rings is 1. The Morgan fingerprint density at radius 3 is 2.96 bits per heavy atom. The summed E-state index contributed by atoms with van der Waals surface area (Å²) in [5.74, 6) is 0.887. The molecule has 134 valence electrons. The Balaban J connectivity index is 1.63. The van der Waals surface area contributed by atoms with E-state index < -0.39 is 6.10 Å². The number of nitrogens with zero attached hydrogens (tertiary/aromatic N) is 2. The molecule has 26 heavy (non-hydrogen) atoms. The van der Waals surface area contributed by atoms with Gasteiger partial charge in [-0.3, -0.25) is 9.78 Å². The number of carbonyl (C=O) groups is 1. The predicted molar refractivity (Wildman–Crippen MR) is 99.8 cm³/mol. The molecule has 0 aromatic carbocycles. The van der Waals surface area contributed by atoms with Gasteiger partial charge in [-0.1, -0.05) is 0 Å². The molecule has 3 aromatic heterocycles. The number of aryl methyl sites for hydroxylation is 1. The Labute approximate surface area is 154 Å². The van der Waals surface area contributed by atoms with Crippen LogP contribution in [-0.2, 0) is 0 Å². The van der Waals surface area contributed by atoms with Gasteiger partial charge < -0.3 is 15.2 Å². The van der Waals surface area contributed by atoms with Crippen molar-refractivity contribution < 1.29 is 14.6 Å². The molecule has 6 nitrogen and oxygen atoms in total. The Morgan fingerprint density at radius 2 is 2.23 bits per heavy atom. The van der Waals surface area contributed by atoms with E-state index in [-0.39, 0.29) is 17.6 Å². The van der Waals surface area contributed by atoms with Gasteiger partial charge in [0.05, 0.1) is 28.6 Å². The molecule has 0 saturated heterocycles. The third-order valence-corrected chi connectivity index (χ3v) is 5.44. The van der Waals surface area contributed by atoms with E-state index >= 15 is 0 Å². The molecule has 1 aliphatic carbocycles. The minimum absolute atomic E-state index is 0.215. The zero-order chi connectivity index (χ0) is 18.1. The summed E-state index contributed by atoms with van der Waals surface area (Å²) in [5.41, 5.74) is 1.90. The van der Waals surface area contributed by atoms with Gasteiger partial charge in [0, 0.05) is 11.8 Å². The van der Waals surface area contributed by atoms with E-state index in [9.17, 15) is 9.90 Å². The number of rotatable bonds is 4. The summed E-state index contributed by atoms with van der Waals surface area (Å²) < 4.78 is 6.84. The number of pyridine rings is 2. The van der Waals surface area contributed by atoms with Crippen LogP contribution in [0.5, 0.6) is 11.5 Å². The van der Waals surface area contributed by atoms with Crippen LogP contribution in [-0.4, -0.2) is 33.1 Å². The van der Waals surface area contributed by atoms with E-state index in [0.29, 0.717) is 17.0 Å². The van der Waals surface area contributed by atoms with Crippen molar-refractivity contribution in [3.8, 4) is 11.5 Å². The maximum Gasteiger partial charge on any atom is 0.270 e. The summed E-state index contributed by atoms with van der Waals surface area (Å²) in [6.07, 6.45) is 3.59. The highest BCUT2D eigenvalue weighted by Gasteiger charge is 2.27. The number of amides is 1. The highest BCUT2D eigenvalue weighted by atomic mass is 32.1. The number of fused-ring (bicyclic) bond motifs is 1. The molecule has 7 heteroatoms. The maximum absolute atomic E-state index is 12.6. The number of nitrogens with one attached hydrogen (secondary N) is 1. The van der Waals surface area contributed by atoms with E-state index in [2.05, 4.69) is 15.3 Å². The first kappa shape index (κ1) is 16.9. The number of carbonyl (C=O) groups excluding carboxylic acids is 1. The molecule has 3 heterocycles. The molecular formula is C19H19N3O3S. The third kappa shape index (κ3) is 3.40. The van der Waals surface area contributed by atoms with Crippen LogP contribution in [0.2, 0.25) is 0 Å². The van der Waals surface area contributed by atoms with E-state index in [1.165, 1.54) is 11.3 Å². The zero-order valence-electron chi connectivity index (χ0n) is 14.3. The van der Waals surface area contributed by atoms with Crippen molar-refractivity contribution in [2.24, 2.45) is 0 Å². The predicted octanol–water partition coefficient (Wildman–Crippen LogP) is 3.44. The molecule has 0 aliphatic heterocycles. The van der Waals surface area contributed by atoms with Crippen LogP contribution >= 0.6 is 11.3 Å². The van der Waals surface area contributed by atoms with Gasteiger partial charge in [0.15, 0.2) is 0 Å². The number of ether oxygens (including phenoxy) is 1. The summed E-state index contributed by atoms with van der Waals surface area (Å²) in [7, 11) is 0. The van der Waals surface area contributed by atoms with Gasteiger partial charge in [-0.05, 0) is 49.8 Å². The first-order valence-corrected chi connectivity index (χ1v) is 9.46. The van der Waals surface area contributed by atoms with Crippen molar-refractivity contribution in [1.29, 1.82) is 0 Å². The zero-order valence-corrected chi connectivity index (χ0v) is 15.1. The molecule has 1 amide bonds. The average Bonchev–Trinajstić information content (AvgIpc) is 3.26. The van der Waals surface area contributed by atoms with Crippen molar-refractivity contribution in [3.63, 3.8) is 0 Å². The maximum atomic E-state index is 12.6. The van der Waals surface area contributed by atoms with Crippen LogP contribution < -0.4 is 10.1 Å². The quantitative estimate of drug-likeness (QED) is 0.736. The number of aromatic nitrogens is 2. The minimum atomic E-state index is -0.488. The lowest BCUT2D eigenvalue weighted by Gasteiger charge is -2.16. The Kier molecular flexibility index (Phi) is 4.57. The van der Waals surface area contributed by atoms with Crippen LogP contribution in [0.1, 0.15) is 35.4 Å². The molecule has 3 aromatic rings. The van der Waals surface area contributed by atoms with Gasteiger partial charge >= 0.3 is 0 Å². The van der Waals surface area contributed by atoms with Crippen molar-refractivity contribution in [3.05, 3.63) is 47.2 Å². The minimum Gasteiger partial charge on any atom is -0.454 e. The fraction of sp³-hybridized carbons (Fsp3) is 0.316. The van der Waals surface area contributed by atoms with Gasteiger partial charge in [-0.25, -0.2) is 4.98 Å². The molecule has 4 rings (SSSR count). The number of aliphatic hydroxyl groups excluding tert-OH is 1. The first-order chi connectivity index (χ1) is 12.6. The van der Waals surface area contributed by atoms with Crippen LogP contribution in [0.25, 0.3) is 10.2 Å². The monoisotopic (exact) mass is 369 g/mol. The van der Waals surface area contributed by atoms with E-state index in [4.69, 9.17) is 4.74 Å². The molecule has 0 spiro atoms. The number of aliphatic hydroxyl groups is 1. The Bertz CT molecular complexity index is 939. The summed E-state index contributed by atoms with van der Waals surface area (Å²) >= 11 is 1.51. The van der Waals surface area contributed by atoms with Gasteiger partial charge in [0.25, 0.3) is 5.91 Å². The topological polar surface area (TPSA) is 84.3 Å². The van der Waals surface area contributed by atoms with Crippen molar-refractivity contribution in [2.75, 3.05) is 0 Å². The highest BCUT2D eigenvalue weighted by Crippen LogP contribution is 2.33. The largest absolute Gasteiger partial charge is 0.454 e. The normalized spacial score (nSPS) is 19.6. The molecule has 1 aliphatic rings. The summed E-state index contributed by atoms with van der Waals surface area (Å²) in [6.45, 7) is 1.91. The average molecular weight is 369 g/mol. The second-order valence-electron chi connectivity index (χ2n) is 6.46. The standard InChI is InChI=1S/C19H19N3O3S/c1-11-5-6-12(10-20-11)25-17-9-15(21-14-7-8-26-18(14)17)19(24)22-13-3-2-4-16(13)23/h5-10,13,16,23H,2-4H2,1H3,(H,22,24)/t13-,16-/m0/s1.